The van der Waals surface area contributed by atoms with Gasteiger partial charge in [0, 0.05) is 16.3 Å². The third-order valence-electron chi connectivity index (χ3n) is 3.34. The third-order valence-corrected chi connectivity index (χ3v) is 4.69. The van der Waals surface area contributed by atoms with E-state index in [1.807, 2.05) is 37.3 Å². The van der Waals surface area contributed by atoms with Crippen LogP contribution in [0, 0.1) is 17.8 Å². The van der Waals surface area contributed by atoms with Crippen molar-refractivity contribution in [3.05, 3.63) is 67.1 Å². The molecule has 0 atom stereocenters. The molecule has 120 valence electrons. The summed E-state index contributed by atoms with van der Waals surface area (Å²) in [5.41, 5.74) is 11.1. The van der Waals surface area contributed by atoms with E-state index in [0.717, 1.165) is 22.7 Å². The molecule has 3 aromatic rings. The van der Waals surface area contributed by atoms with E-state index in [-0.39, 0.29) is 16.6 Å². The molecule has 2 aromatic heterocycles. The van der Waals surface area contributed by atoms with E-state index < -0.39 is 0 Å². The number of rotatable bonds is 3. The highest BCUT2D eigenvalue weighted by Crippen LogP contribution is 2.32. The second-order valence-corrected chi connectivity index (χ2v) is 6.67. The molecule has 0 fully saturated rings. The first-order valence-electron chi connectivity index (χ1n) is 6.97. The van der Waals surface area contributed by atoms with E-state index in [0.29, 0.717) is 9.65 Å². The molecule has 24 heavy (non-hydrogen) atoms. The number of nitrogens with zero attached hydrogens (tertiary/aromatic N) is 6. The molecule has 0 saturated carbocycles. The highest BCUT2D eigenvalue weighted by atomic mass is 32.1. The Morgan fingerprint density at radius 3 is 2.62 bits per heavy atom. The number of hydrogen-bond donors (Lipinski definition) is 0. The summed E-state index contributed by atoms with van der Waals surface area (Å²) >= 11 is 6.48. The predicted octanol–water partition coefficient (Wildman–Crippen LogP) is 4.71. The average molecular weight is 356 g/mol. The van der Waals surface area contributed by atoms with Gasteiger partial charge in [0.1, 0.15) is 10.7 Å². The van der Waals surface area contributed by atoms with Gasteiger partial charge in [-0.25, -0.2) is 4.68 Å². The summed E-state index contributed by atoms with van der Waals surface area (Å²) in [7, 11) is 0. The first kappa shape index (κ1) is 16.1. The zero-order valence-electron chi connectivity index (χ0n) is 12.9. The first-order chi connectivity index (χ1) is 11.5. The van der Waals surface area contributed by atoms with E-state index in [1.165, 1.54) is 4.68 Å². The molecule has 1 aromatic carbocycles. The van der Waals surface area contributed by atoms with Crippen molar-refractivity contribution < 1.29 is 4.79 Å². The number of benzene rings is 1. The number of azide groups is 1. The minimum absolute atomic E-state index is 0.177. The summed E-state index contributed by atoms with van der Waals surface area (Å²) in [5, 5.41) is 7.91. The number of carbonyl (C=O) groups is 1. The van der Waals surface area contributed by atoms with Crippen molar-refractivity contribution in [3.63, 3.8) is 0 Å². The molecule has 0 aliphatic carbocycles. The number of aromatic nitrogens is 3. The van der Waals surface area contributed by atoms with Crippen LogP contribution in [-0.2, 0) is 0 Å². The average Bonchev–Trinajstić information content (AvgIpc) is 3.07. The highest BCUT2D eigenvalue weighted by molar-refractivity contribution is 7.73. The normalized spacial score (nSPS) is 10.4. The minimum Gasteiger partial charge on any atom is -0.289 e. The van der Waals surface area contributed by atoms with Crippen LogP contribution in [0.4, 0.5) is 5.82 Å². The molecule has 0 bridgehead atoms. The fourth-order valence-electron chi connectivity index (χ4n) is 2.37. The van der Waals surface area contributed by atoms with Crippen LogP contribution >= 0.6 is 23.6 Å². The molecule has 0 N–H and O–H groups in total. The van der Waals surface area contributed by atoms with Gasteiger partial charge in [0.15, 0.2) is 3.95 Å². The summed E-state index contributed by atoms with van der Waals surface area (Å²) in [6.07, 6.45) is 0. The zero-order valence-corrected chi connectivity index (χ0v) is 14.5. The first-order valence-corrected chi connectivity index (χ1v) is 8.19. The lowest BCUT2D eigenvalue weighted by Crippen LogP contribution is -2.14. The van der Waals surface area contributed by atoms with Crippen LogP contribution in [0.25, 0.3) is 16.1 Å². The van der Waals surface area contributed by atoms with Crippen LogP contribution < -0.4 is 0 Å². The molecule has 0 radical (unpaired) electrons. The van der Waals surface area contributed by atoms with E-state index in [1.54, 1.807) is 17.6 Å². The monoisotopic (exact) mass is 356 g/mol. The highest BCUT2D eigenvalue weighted by Gasteiger charge is 2.22. The molecule has 2 heterocycles. The van der Waals surface area contributed by atoms with E-state index in [4.69, 9.17) is 17.7 Å². The van der Waals surface area contributed by atoms with Gasteiger partial charge in [-0.3, -0.25) is 9.36 Å². The summed E-state index contributed by atoms with van der Waals surface area (Å²) < 4.78 is 3.31. The molecule has 0 aliphatic heterocycles. The zero-order chi connectivity index (χ0) is 17.3. The van der Waals surface area contributed by atoms with Gasteiger partial charge >= 0.3 is 0 Å². The van der Waals surface area contributed by atoms with Crippen molar-refractivity contribution in [2.45, 2.75) is 13.8 Å². The van der Waals surface area contributed by atoms with E-state index >= 15 is 0 Å². The van der Waals surface area contributed by atoms with Crippen LogP contribution in [-0.4, -0.2) is 20.3 Å². The molecule has 7 nitrogen and oxygen atoms in total. The SMILES string of the molecule is Cc1cc(C)n(C(=O)c2sc(=S)n(-c3ccccc3)c2N=[N+]=[N-])n1. The lowest BCUT2D eigenvalue weighted by atomic mass is 10.3. The maximum Gasteiger partial charge on any atom is 0.290 e. The van der Waals surface area contributed by atoms with Crippen molar-refractivity contribution in [1.82, 2.24) is 14.3 Å². The van der Waals surface area contributed by atoms with E-state index in [9.17, 15) is 4.79 Å². The Balaban J connectivity index is 2.23. The van der Waals surface area contributed by atoms with Crippen molar-refractivity contribution in [1.29, 1.82) is 0 Å². The van der Waals surface area contributed by atoms with Gasteiger partial charge < -0.3 is 0 Å². The summed E-state index contributed by atoms with van der Waals surface area (Å²) in [6.45, 7) is 3.60. The Labute approximate surface area is 146 Å². The Kier molecular flexibility index (Phi) is 4.30. The van der Waals surface area contributed by atoms with Crippen LogP contribution in [0.5, 0.6) is 0 Å². The largest absolute Gasteiger partial charge is 0.290 e. The molecule has 0 unspecified atom stereocenters. The molecular weight excluding hydrogens is 344 g/mol. The van der Waals surface area contributed by atoms with Crippen molar-refractivity contribution in [2.24, 2.45) is 5.11 Å². The minimum atomic E-state index is -0.367. The summed E-state index contributed by atoms with van der Waals surface area (Å²) in [5.74, 6) is -0.190. The Morgan fingerprint density at radius 2 is 2.04 bits per heavy atom. The van der Waals surface area contributed by atoms with Gasteiger partial charge in [-0.05, 0) is 54.9 Å². The predicted molar refractivity (Wildman–Crippen MR) is 94.7 cm³/mol. The van der Waals surface area contributed by atoms with Crippen molar-refractivity contribution >= 4 is 35.3 Å². The van der Waals surface area contributed by atoms with Crippen LogP contribution in [0.1, 0.15) is 21.1 Å². The maximum atomic E-state index is 12.8. The van der Waals surface area contributed by atoms with Gasteiger partial charge in [-0.2, -0.15) is 5.10 Å². The number of hydrogen-bond acceptors (Lipinski definition) is 5. The third kappa shape index (κ3) is 2.76. The number of carbonyl (C=O) groups excluding carboxylic acids is 1. The number of aryl methyl sites for hydroxylation is 2. The standard InChI is InChI=1S/C15H12N6OS2/c1-9-8-10(2)21(18-9)14(22)12-13(17-19-16)20(15(23)24-12)11-6-4-3-5-7-11/h3-8H,1-2H3. The number of para-hydroxylation sites is 1. The van der Waals surface area contributed by atoms with Gasteiger partial charge in [0.05, 0.1) is 5.69 Å². The quantitative estimate of drug-likeness (QED) is 0.294. The smallest absolute Gasteiger partial charge is 0.289 e. The lowest BCUT2D eigenvalue weighted by Gasteiger charge is -2.06. The van der Waals surface area contributed by atoms with Crippen LogP contribution in [0.15, 0.2) is 41.5 Å². The van der Waals surface area contributed by atoms with Crippen LogP contribution in [0.2, 0.25) is 0 Å². The molecule has 9 heteroatoms. The van der Waals surface area contributed by atoms with Crippen LogP contribution in [0.3, 0.4) is 0 Å². The van der Waals surface area contributed by atoms with Gasteiger partial charge in [0.25, 0.3) is 5.91 Å². The van der Waals surface area contributed by atoms with Gasteiger partial charge in [-0.15, -0.1) is 0 Å². The fourth-order valence-corrected chi connectivity index (χ4v) is 3.67. The molecule has 0 saturated heterocycles. The fraction of sp³-hybridized carbons (Fsp3) is 0.133. The molecular formula is C15H12N6OS2. The van der Waals surface area contributed by atoms with Gasteiger partial charge in [0.2, 0.25) is 0 Å². The molecule has 0 amide bonds. The topological polar surface area (TPSA) is 88.6 Å². The second-order valence-electron chi connectivity index (χ2n) is 5.03. The van der Waals surface area contributed by atoms with Crippen molar-refractivity contribution in [3.8, 4) is 5.69 Å². The van der Waals surface area contributed by atoms with Gasteiger partial charge in [-0.1, -0.05) is 29.5 Å². The molecule has 0 aliphatic rings. The molecule has 0 spiro atoms. The maximum absolute atomic E-state index is 12.8. The Morgan fingerprint density at radius 1 is 1.33 bits per heavy atom. The second kappa shape index (κ2) is 6.40. The summed E-state index contributed by atoms with van der Waals surface area (Å²) in [4.78, 5) is 16.0. The lowest BCUT2D eigenvalue weighted by molar-refractivity contribution is 0.0947. The molecule has 3 rings (SSSR count). The Bertz CT molecular complexity index is 1020. The number of thiazole rings is 1. The Hall–Kier alpha value is -2.74. The van der Waals surface area contributed by atoms with Crippen molar-refractivity contribution in [2.75, 3.05) is 0 Å². The summed E-state index contributed by atoms with van der Waals surface area (Å²) in [6, 6.07) is 11.0. The van der Waals surface area contributed by atoms with E-state index in [2.05, 4.69) is 15.1 Å².